The van der Waals surface area contributed by atoms with E-state index < -0.39 is 11.8 Å². The van der Waals surface area contributed by atoms with Gasteiger partial charge in [-0.25, -0.2) is 8.78 Å². The monoisotopic (exact) mass is 188 g/mol. The topological polar surface area (TPSA) is 0 Å². The van der Waals surface area contributed by atoms with Crippen LogP contribution >= 0.6 is 0 Å². The number of hydrogen-bond acceptors (Lipinski definition) is 0. The van der Waals surface area contributed by atoms with Crippen molar-refractivity contribution in [3.05, 3.63) is 12.2 Å². The van der Waals surface area contributed by atoms with Crippen molar-refractivity contribution in [2.24, 2.45) is 5.92 Å². The summed E-state index contributed by atoms with van der Waals surface area (Å²) in [5, 5.41) is 0. The average Bonchev–Trinajstić information content (AvgIpc) is 2.06. The molecular formula is C11H18F2. The molecule has 2 heteroatoms. The molecule has 0 aromatic rings. The van der Waals surface area contributed by atoms with E-state index in [0.29, 0.717) is 12.8 Å². The Hall–Kier alpha value is -0.400. The summed E-state index contributed by atoms with van der Waals surface area (Å²) in [6.45, 7) is 1.97. The van der Waals surface area contributed by atoms with E-state index in [1.165, 1.54) is 0 Å². The van der Waals surface area contributed by atoms with E-state index in [-0.39, 0.29) is 0 Å². The summed E-state index contributed by atoms with van der Waals surface area (Å²) < 4.78 is 26.8. The van der Waals surface area contributed by atoms with Gasteiger partial charge in [-0.05, 0) is 31.8 Å². The van der Waals surface area contributed by atoms with E-state index >= 15 is 0 Å². The third-order valence-corrected chi connectivity index (χ3v) is 2.69. The fourth-order valence-electron chi connectivity index (χ4n) is 1.91. The second kappa shape index (κ2) is 4.73. The maximum atomic E-state index is 13.4. The van der Waals surface area contributed by atoms with Crippen LogP contribution in [0.15, 0.2) is 12.2 Å². The first-order valence-corrected chi connectivity index (χ1v) is 5.22. The van der Waals surface area contributed by atoms with E-state index in [4.69, 9.17) is 0 Å². The largest absolute Gasteiger partial charge is 0.269 e. The molecule has 76 valence electrons. The first kappa shape index (κ1) is 10.7. The van der Waals surface area contributed by atoms with Crippen LogP contribution in [0.2, 0.25) is 0 Å². The summed E-state index contributed by atoms with van der Waals surface area (Å²) in [7, 11) is 0. The highest BCUT2D eigenvalue weighted by atomic mass is 19.3. The van der Waals surface area contributed by atoms with Crippen molar-refractivity contribution in [2.75, 3.05) is 0 Å². The number of allylic oxidation sites excluding steroid dienone is 2. The van der Waals surface area contributed by atoms with Crippen molar-refractivity contribution in [3.8, 4) is 0 Å². The minimum absolute atomic E-state index is 0.422. The summed E-state index contributed by atoms with van der Waals surface area (Å²) in [5.41, 5.74) is 0. The van der Waals surface area contributed by atoms with Gasteiger partial charge in [-0.3, -0.25) is 0 Å². The summed E-state index contributed by atoms with van der Waals surface area (Å²) in [6.07, 6.45) is 7.77. The van der Waals surface area contributed by atoms with Gasteiger partial charge >= 0.3 is 0 Å². The molecule has 1 aliphatic carbocycles. The lowest BCUT2D eigenvalue weighted by Crippen LogP contribution is -2.26. The van der Waals surface area contributed by atoms with Crippen LogP contribution in [0.1, 0.15) is 45.4 Å². The van der Waals surface area contributed by atoms with Gasteiger partial charge in [0.25, 0.3) is 5.92 Å². The van der Waals surface area contributed by atoms with Crippen molar-refractivity contribution in [2.45, 2.75) is 51.4 Å². The maximum Gasteiger partial charge on any atom is 0.269 e. The van der Waals surface area contributed by atoms with Crippen LogP contribution in [0.3, 0.4) is 0 Å². The quantitative estimate of drug-likeness (QED) is 0.570. The van der Waals surface area contributed by atoms with Crippen LogP contribution in [-0.4, -0.2) is 5.92 Å². The van der Waals surface area contributed by atoms with Crippen LogP contribution in [0, 0.1) is 5.92 Å². The zero-order chi connectivity index (χ0) is 9.73. The van der Waals surface area contributed by atoms with Crippen LogP contribution in [0.25, 0.3) is 0 Å². The minimum atomic E-state index is -2.56. The van der Waals surface area contributed by atoms with Crippen LogP contribution < -0.4 is 0 Å². The molecule has 0 aliphatic heterocycles. The van der Waals surface area contributed by atoms with Crippen LogP contribution in [0.4, 0.5) is 8.78 Å². The Labute approximate surface area is 79.0 Å². The van der Waals surface area contributed by atoms with E-state index in [1.54, 1.807) is 6.08 Å². The molecule has 0 bridgehead atoms. The summed E-state index contributed by atoms with van der Waals surface area (Å²) in [4.78, 5) is 0. The lowest BCUT2D eigenvalue weighted by molar-refractivity contribution is -0.0190. The number of halogens is 2. The minimum Gasteiger partial charge on any atom is -0.202 e. The van der Waals surface area contributed by atoms with Gasteiger partial charge in [-0.1, -0.05) is 25.8 Å². The first-order chi connectivity index (χ1) is 6.17. The molecule has 0 fully saturated rings. The number of hydrogen-bond donors (Lipinski definition) is 0. The molecule has 0 saturated heterocycles. The zero-order valence-electron chi connectivity index (χ0n) is 8.23. The average molecular weight is 188 g/mol. The Morgan fingerprint density at radius 1 is 1.38 bits per heavy atom. The van der Waals surface area contributed by atoms with Crippen molar-refractivity contribution in [1.29, 1.82) is 0 Å². The molecular weight excluding hydrogens is 170 g/mol. The molecule has 0 spiro atoms. The molecule has 0 nitrogen and oxygen atoms in total. The summed E-state index contributed by atoms with van der Waals surface area (Å²) in [5.74, 6) is -2.98. The van der Waals surface area contributed by atoms with Gasteiger partial charge in [0.05, 0.1) is 0 Å². The zero-order valence-corrected chi connectivity index (χ0v) is 8.23. The predicted molar refractivity (Wildman–Crippen MR) is 51.0 cm³/mol. The third kappa shape index (κ3) is 3.09. The number of rotatable bonds is 2. The van der Waals surface area contributed by atoms with Gasteiger partial charge < -0.3 is 0 Å². The second-order valence-electron chi connectivity index (χ2n) is 3.85. The first-order valence-electron chi connectivity index (χ1n) is 5.22. The van der Waals surface area contributed by atoms with Crippen LogP contribution in [-0.2, 0) is 0 Å². The molecule has 13 heavy (non-hydrogen) atoms. The lowest BCUT2D eigenvalue weighted by atomic mass is 9.88. The van der Waals surface area contributed by atoms with Crippen molar-refractivity contribution >= 4 is 0 Å². The van der Waals surface area contributed by atoms with Gasteiger partial charge in [0.1, 0.15) is 0 Å². The maximum absolute atomic E-state index is 13.4. The van der Waals surface area contributed by atoms with Gasteiger partial charge in [-0.15, -0.1) is 0 Å². The molecule has 1 aliphatic rings. The van der Waals surface area contributed by atoms with Crippen molar-refractivity contribution < 1.29 is 8.78 Å². The fourth-order valence-corrected chi connectivity index (χ4v) is 1.91. The standard InChI is InChI=1S/C11H18F2/c1-2-7-10-8-5-3-4-6-9-11(10,12)13/h6,9-10H,2-5,7-8H2,1H3. The summed E-state index contributed by atoms with van der Waals surface area (Å²) >= 11 is 0. The molecule has 0 saturated carbocycles. The fraction of sp³-hybridized carbons (Fsp3) is 0.818. The number of alkyl halides is 2. The Bertz CT molecular complexity index is 173. The highest BCUT2D eigenvalue weighted by Gasteiger charge is 2.35. The van der Waals surface area contributed by atoms with Gasteiger partial charge in [0.2, 0.25) is 0 Å². The Morgan fingerprint density at radius 2 is 2.15 bits per heavy atom. The van der Waals surface area contributed by atoms with E-state index in [2.05, 4.69) is 0 Å². The highest BCUT2D eigenvalue weighted by Crippen LogP contribution is 2.35. The van der Waals surface area contributed by atoms with E-state index in [0.717, 1.165) is 31.8 Å². The van der Waals surface area contributed by atoms with E-state index in [9.17, 15) is 8.78 Å². The normalized spacial score (nSPS) is 28.1. The van der Waals surface area contributed by atoms with Crippen molar-refractivity contribution in [3.63, 3.8) is 0 Å². The molecule has 1 atom stereocenters. The Morgan fingerprint density at radius 3 is 2.85 bits per heavy atom. The van der Waals surface area contributed by atoms with E-state index in [1.807, 2.05) is 6.92 Å². The molecule has 0 aromatic carbocycles. The molecule has 0 amide bonds. The van der Waals surface area contributed by atoms with Crippen LogP contribution in [0.5, 0.6) is 0 Å². The molecule has 0 radical (unpaired) electrons. The molecule has 0 heterocycles. The van der Waals surface area contributed by atoms with Gasteiger partial charge in [0.15, 0.2) is 0 Å². The van der Waals surface area contributed by atoms with Gasteiger partial charge in [-0.2, -0.15) is 0 Å². The highest BCUT2D eigenvalue weighted by molar-refractivity contribution is 4.99. The Kier molecular flexibility index (Phi) is 3.89. The lowest BCUT2D eigenvalue weighted by Gasteiger charge is -2.25. The third-order valence-electron chi connectivity index (χ3n) is 2.69. The SMILES string of the molecule is CCCC1CCCCC=CC1(F)F. The molecule has 1 unspecified atom stereocenters. The molecule has 0 aromatic heterocycles. The Balaban J connectivity index is 2.64. The summed E-state index contributed by atoms with van der Waals surface area (Å²) in [6, 6.07) is 0. The molecule has 1 rings (SSSR count). The van der Waals surface area contributed by atoms with Gasteiger partial charge in [0, 0.05) is 5.92 Å². The second-order valence-corrected chi connectivity index (χ2v) is 3.85. The van der Waals surface area contributed by atoms with Crippen molar-refractivity contribution in [1.82, 2.24) is 0 Å². The molecule has 0 N–H and O–H groups in total. The predicted octanol–water partition coefficient (Wildman–Crippen LogP) is 4.17. The smallest absolute Gasteiger partial charge is 0.202 e.